The van der Waals surface area contributed by atoms with Crippen LogP contribution < -0.4 is 5.32 Å². The van der Waals surface area contributed by atoms with Gasteiger partial charge >= 0.3 is 0 Å². The van der Waals surface area contributed by atoms with Crippen LogP contribution in [0.25, 0.3) is 0 Å². The SMILES string of the molecule is CCC(C)(CO)CNCC1CC1(C)C. The highest BCUT2D eigenvalue weighted by Gasteiger charge is 2.44. The van der Waals surface area contributed by atoms with Crippen molar-refractivity contribution in [1.82, 2.24) is 5.32 Å². The zero-order chi connectivity index (χ0) is 10.8. The Morgan fingerprint density at radius 3 is 2.43 bits per heavy atom. The molecule has 2 N–H and O–H groups in total. The average Bonchev–Trinajstić information content (AvgIpc) is 2.74. The van der Waals surface area contributed by atoms with Crippen molar-refractivity contribution in [2.75, 3.05) is 19.7 Å². The van der Waals surface area contributed by atoms with E-state index in [9.17, 15) is 5.11 Å². The molecule has 0 aromatic carbocycles. The summed E-state index contributed by atoms with van der Waals surface area (Å²) < 4.78 is 0. The highest BCUT2D eigenvalue weighted by Crippen LogP contribution is 2.51. The van der Waals surface area contributed by atoms with E-state index in [1.54, 1.807) is 0 Å². The van der Waals surface area contributed by atoms with Crippen molar-refractivity contribution >= 4 is 0 Å². The summed E-state index contributed by atoms with van der Waals surface area (Å²) >= 11 is 0. The predicted octanol–water partition coefficient (Wildman–Crippen LogP) is 2.03. The van der Waals surface area contributed by atoms with Gasteiger partial charge in [0.2, 0.25) is 0 Å². The minimum atomic E-state index is 0.0685. The van der Waals surface area contributed by atoms with E-state index in [1.807, 2.05) is 0 Å². The minimum Gasteiger partial charge on any atom is -0.396 e. The van der Waals surface area contributed by atoms with Gasteiger partial charge < -0.3 is 10.4 Å². The Morgan fingerprint density at radius 1 is 1.50 bits per heavy atom. The molecule has 0 saturated heterocycles. The second-order valence-electron chi connectivity index (χ2n) is 5.84. The number of nitrogens with one attached hydrogen (secondary N) is 1. The first kappa shape index (κ1) is 12.0. The number of aliphatic hydroxyl groups excluding tert-OH is 1. The molecule has 1 saturated carbocycles. The first-order valence-corrected chi connectivity index (χ1v) is 5.75. The molecule has 0 amide bonds. The second kappa shape index (κ2) is 4.19. The summed E-state index contributed by atoms with van der Waals surface area (Å²) in [7, 11) is 0. The molecule has 0 aromatic rings. The average molecular weight is 199 g/mol. The quantitative estimate of drug-likeness (QED) is 0.686. The van der Waals surface area contributed by atoms with E-state index in [1.165, 1.54) is 6.42 Å². The van der Waals surface area contributed by atoms with E-state index >= 15 is 0 Å². The number of hydrogen-bond donors (Lipinski definition) is 2. The summed E-state index contributed by atoms with van der Waals surface area (Å²) in [6.45, 7) is 11.3. The Bertz CT molecular complexity index is 185. The predicted molar refractivity (Wildman–Crippen MR) is 60.2 cm³/mol. The summed E-state index contributed by atoms with van der Waals surface area (Å²) in [5.41, 5.74) is 0.633. The molecule has 2 atom stereocenters. The number of hydrogen-bond acceptors (Lipinski definition) is 2. The molecule has 0 radical (unpaired) electrons. The van der Waals surface area contributed by atoms with Gasteiger partial charge in [0.05, 0.1) is 0 Å². The lowest BCUT2D eigenvalue weighted by Crippen LogP contribution is -2.35. The van der Waals surface area contributed by atoms with Crippen LogP contribution in [0, 0.1) is 16.7 Å². The van der Waals surface area contributed by atoms with E-state index in [4.69, 9.17) is 0 Å². The van der Waals surface area contributed by atoms with Crippen molar-refractivity contribution in [2.45, 2.75) is 40.5 Å². The molecule has 1 fully saturated rings. The Morgan fingerprint density at radius 2 is 2.07 bits per heavy atom. The highest BCUT2D eigenvalue weighted by molar-refractivity contribution is 4.96. The normalized spacial score (nSPS) is 28.5. The summed E-state index contributed by atoms with van der Waals surface area (Å²) in [4.78, 5) is 0. The van der Waals surface area contributed by atoms with Crippen molar-refractivity contribution in [2.24, 2.45) is 16.7 Å². The van der Waals surface area contributed by atoms with Crippen molar-refractivity contribution in [3.05, 3.63) is 0 Å². The van der Waals surface area contributed by atoms with Crippen LogP contribution in [0.15, 0.2) is 0 Å². The summed E-state index contributed by atoms with van der Waals surface area (Å²) in [6.07, 6.45) is 2.38. The van der Waals surface area contributed by atoms with E-state index in [0.717, 1.165) is 25.4 Å². The topological polar surface area (TPSA) is 32.3 Å². The van der Waals surface area contributed by atoms with E-state index in [0.29, 0.717) is 5.41 Å². The molecule has 14 heavy (non-hydrogen) atoms. The lowest BCUT2D eigenvalue weighted by molar-refractivity contribution is 0.135. The largest absolute Gasteiger partial charge is 0.396 e. The van der Waals surface area contributed by atoms with Crippen LogP contribution in [0.3, 0.4) is 0 Å². The number of aliphatic hydroxyl groups is 1. The van der Waals surface area contributed by atoms with Gasteiger partial charge in [0.25, 0.3) is 0 Å². The fourth-order valence-corrected chi connectivity index (χ4v) is 1.77. The van der Waals surface area contributed by atoms with Gasteiger partial charge in [0.1, 0.15) is 0 Å². The van der Waals surface area contributed by atoms with E-state index in [2.05, 4.69) is 33.0 Å². The molecule has 0 bridgehead atoms. The first-order chi connectivity index (χ1) is 6.43. The Labute approximate surface area is 88.1 Å². The van der Waals surface area contributed by atoms with Gasteiger partial charge in [-0.3, -0.25) is 0 Å². The zero-order valence-corrected chi connectivity index (χ0v) is 10.1. The third kappa shape index (κ3) is 2.96. The number of rotatable bonds is 6. The molecule has 1 aliphatic rings. The Kier molecular flexibility index (Phi) is 3.59. The monoisotopic (exact) mass is 199 g/mol. The fraction of sp³-hybridized carbons (Fsp3) is 1.00. The third-order valence-corrected chi connectivity index (χ3v) is 3.90. The molecule has 84 valence electrons. The molecule has 0 spiro atoms. The van der Waals surface area contributed by atoms with Crippen LogP contribution in [-0.4, -0.2) is 24.8 Å². The lowest BCUT2D eigenvalue weighted by atomic mass is 9.88. The molecule has 2 heteroatoms. The minimum absolute atomic E-state index is 0.0685. The molecule has 0 aliphatic heterocycles. The Balaban J connectivity index is 2.15. The third-order valence-electron chi connectivity index (χ3n) is 3.90. The van der Waals surface area contributed by atoms with Gasteiger partial charge in [-0.1, -0.05) is 27.7 Å². The van der Waals surface area contributed by atoms with Crippen LogP contribution in [0.5, 0.6) is 0 Å². The van der Waals surface area contributed by atoms with Gasteiger partial charge in [-0.05, 0) is 30.7 Å². The second-order valence-corrected chi connectivity index (χ2v) is 5.84. The van der Waals surface area contributed by atoms with Crippen molar-refractivity contribution in [3.8, 4) is 0 Å². The van der Waals surface area contributed by atoms with Crippen molar-refractivity contribution in [3.63, 3.8) is 0 Å². The van der Waals surface area contributed by atoms with E-state index in [-0.39, 0.29) is 12.0 Å². The molecule has 2 unspecified atom stereocenters. The molecule has 2 nitrogen and oxygen atoms in total. The fourth-order valence-electron chi connectivity index (χ4n) is 1.77. The lowest BCUT2D eigenvalue weighted by Gasteiger charge is -2.26. The molecule has 0 aromatic heterocycles. The van der Waals surface area contributed by atoms with Gasteiger partial charge in [0.15, 0.2) is 0 Å². The molecule has 0 heterocycles. The van der Waals surface area contributed by atoms with Crippen LogP contribution in [0.1, 0.15) is 40.5 Å². The summed E-state index contributed by atoms with van der Waals surface area (Å²) in [5, 5.41) is 12.7. The maximum atomic E-state index is 9.23. The molecule has 1 aliphatic carbocycles. The summed E-state index contributed by atoms with van der Waals surface area (Å²) in [5.74, 6) is 0.849. The maximum absolute atomic E-state index is 9.23. The maximum Gasteiger partial charge on any atom is 0.0496 e. The van der Waals surface area contributed by atoms with Gasteiger partial charge in [0, 0.05) is 18.6 Å². The molecule has 1 rings (SSSR count). The first-order valence-electron chi connectivity index (χ1n) is 5.75. The van der Waals surface area contributed by atoms with Gasteiger partial charge in [-0.15, -0.1) is 0 Å². The molecular formula is C12H25NO. The van der Waals surface area contributed by atoms with Gasteiger partial charge in [-0.2, -0.15) is 0 Å². The molecular weight excluding hydrogens is 174 g/mol. The Hall–Kier alpha value is -0.0800. The standard InChI is InChI=1S/C12H25NO/c1-5-12(4,9-14)8-13-7-10-6-11(10,2)3/h10,13-14H,5-9H2,1-4H3. The zero-order valence-electron chi connectivity index (χ0n) is 10.1. The van der Waals surface area contributed by atoms with Crippen LogP contribution in [0.2, 0.25) is 0 Å². The van der Waals surface area contributed by atoms with Gasteiger partial charge in [-0.25, -0.2) is 0 Å². The van der Waals surface area contributed by atoms with E-state index < -0.39 is 0 Å². The highest BCUT2D eigenvalue weighted by atomic mass is 16.3. The van der Waals surface area contributed by atoms with Crippen molar-refractivity contribution in [1.29, 1.82) is 0 Å². The van der Waals surface area contributed by atoms with Crippen LogP contribution in [-0.2, 0) is 0 Å². The van der Waals surface area contributed by atoms with Crippen LogP contribution in [0.4, 0.5) is 0 Å². The smallest absolute Gasteiger partial charge is 0.0496 e. The van der Waals surface area contributed by atoms with Crippen molar-refractivity contribution < 1.29 is 5.11 Å². The van der Waals surface area contributed by atoms with Crippen LogP contribution >= 0.6 is 0 Å². The summed E-state index contributed by atoms with van der Waals surface area (Å²) in [6, 6.07) is 0.